The van der Waals surface area contributed by atoms with E-state index in [2.05, 4.69) is 21.7 Å². The van der Waals surface area contributed by atoms with E-state index >= 15 is 0 Å². The van der Waals surface area contributed by atoms with Crippen LogP contribution in [-0.4, -0.2) is 52.0 Å². The van der Waals surface area contributed by atoms with Crippen LogP contribution in [0.1, 0.15) is 28.2 Å². The molecule has 0 radical (unpaired) electrons. The zero-order valence-corrected chi connectivity index (χ0v) is 14.1. The molecule has 1 aliphatic heterocycles. The summed E-state index contributed by atoms with van der Waals surface area (Å²) in [5.41, 5.74) is 0.439. The van der Waals surface area contributed by atoms with Gasteiger partial charge in [0.25, 0.3) is 5.91 Å². The van der Waals surface area contributed by atoms with Crippen molar-refractivity contribution in [2.24, 2.45) is 0 Å². The van der Waals surface area contributed by atoms with Crippen molar-refractivity contribution in [1.82, 2.24) is 25.2 Å². The highest BCUT2D eigenvalue weighted by Crippen LogP contribution is 2.19. The Labute approximate surface area is 139 Å². The lowest BCUT2D eigenvalue weighted by molar-refractivity contribution is 0.0731. The van der Waals surface area contributed by atoms with Crippen molar-refractivity contribution in [3.63, 3.8) is 0 Å². The van der Waals surface area contributed by atoms with Crippen LogP contribution in [0.5, 0.6) is 0 Å². The summed E-state index contributed by atoms with van der Waals surface area (Å²) < 4.78 is 1.72. The molecule has 22 heavy (non-hydrogen) atoms. The van der Waals surface area contributed by atoms with Crippen molar-refractivity contribution >= 4 is 29.7 Å². The molecule has 6 nitrogen and oxygen atoms in total. The number of thiophene rings is 1. The molecule has 1 unspecified atom stereocenters. The van der Waals surface area contributed by atoms with Crippen molar-refractivity contribution in [2.45, 2.75) is 25.4 Å². The summed E-state index contributed by atoms with van der Waals surface area (Å²) >= 11 is 1.68. The number of amides is 1. The fourth-order valence-electron chi connectivity index (χ4n) is 2.73. The largest absolute Gasteiger partial charge is 0.333 e. The monoisotopic (exact) mass is 341 g/mol. The third kappa shape index (κ3) is 3.66. The van der Waals surface area contributed by atoms with Gasteiger partial charge in [0.15, 0.2) is 5.69 Å². The van der Waals surface area contributed by atoms with Gasteiger partial charge in [0.1, 0.15) is 0 Å². The van der Waals surface area contributed by atoms with Crippen molar-refractivity contribution in [3.05, 3.63) is 34.3 Å². The molecule has 0 saturated carbocycles. The minimum atomic E-state index is -0.00909. The van der Waals surface area contributed by atoms with Gasteiger partial charge >= 0.3 is 0 Å². The second kappa shape index (κ2) is 7.71. The van der Waals surface area contributed by atoms with Crippen LogP contribution in [0.25, 0.3) is 0 Å². The molecule has 0 spiro atoms. The van der Waals surface area contributed by atoms with E-state index in [1.54, 1.807) is 22.2 Å². The molecule has 1 saturated heterocycles. The number of aromatic nitrogens is 3. The second-order valence-electron chi connectivity index (χ2n) is 5.23. The summed E-state index contributed by atoms with van der Waals surface area (Å²) in [5, 5.41) is 13.3. The van der Waals surface area contributed by atoms with Crippen LogP contribution < -0.4 is 5.32 Å². The number of hydrogen-bond donors (Lipinski definition) is 1. The quantitative estimate of drug-likeness (QED) is 0.898. The Morgan fingerprint density at radius 3 is 3.14 bits per heavy atom. The highest BCUT2D eigenvalue weighted by molar-refractivity contribution is 7.09. The summed E-state index contributed by atoms with van der Waals surface area (Å²) in [6, 6.07) is 4.33. The van der Waals surface area contributed by atoms with E-state index in [1.165, 1.54) is 4.88 Å². The van der Waals surface area contributed by atoms with Crippen molar-refractivity contribution in [3.8, 4) is 0 Å². The maximum absolute atomic E-state index is 12.5. The van der Waals surface area contributed by atoms with Gasteiger partial charge in [0, 0.05) is 24.0 Å². The topological polar surface area (TPSA) is 63.1 Å². The number of nitrogens with zero attached hydrogens (tertiary/aromatic N) is 4. The fraction of sp³-hybridized carbons (Fsp3) is 0.500. The first-order valence-corrected chi connectivity index (χ1v) is 8.04. The molecule has 3 rings (SSSR count). The van der Waals surface area contributed by atoms with Gasteiger partial charge in [-0.25, -0.2) is 4.68 Å². The number of halogens is 1. The SMILES string of the molecule is CNCC1CCCN1C(=O)c1cn(Cc2cccs2)nn1.Cl. The highest BCUT2D eigenvalue weighted by Gasteiger charge is 2.30. The zero-order chi connectivity index (χ0) is 14.7. The first-order valence-electron chi connectivity index (χ1n) is 7.16. The minimum Gasteiger partial charge on any atom is -0.333 e. The molecule has 0 bridgehead atoms. The highest BCUT2D eigenvalue weighted by atomic mass is 35.5. The lowest BCUT2D eigenvalue weighted by Gasteiger charge is -2.23. The predicted molar refractivity (Wildman–Crippen MR) is 88.7 cm³/mol. The van der Waals surface area contributed by atoms with Gasteiger partial charge in [0.05, 0.1) is 12.7 Å². The maximum atomic E-state index is 12.5. The summed E-state index contributed by atoms with van der Waals surface area (Å²) in [5.74, 6) is -0.00909. The fourth-order valence-corrected chi connectivity index (χ4v) is 3.43. The summed E-state index contributed by atoms with van der Waals surface area (Å²) in [4.78, 5) is 15.6. The molecule has 1 aliphatic rings. The van der Waals surface area contributed by atoms with Gasteiger partial charge in [-0.05, 0) is 31.3 Å². The Morgan fingerprint density at radius 2 is 2.41 bits per heavy atom. The number of carbonyl (C=O) groups excluding carboxylic acids is 1. The lowest BCUT2D eigenvalue weighted by atomic mass is 10.2. The molecule has 2 aromatic rings. The summed E-state index contributed by atoms with van der Waals surface area (Å²) in [6.45, 7) is 2.30. The van der Waals surface area contributed by atoms with E-state index in [-0.39, 0.29) is 24.4 Å². The second-order valence-corrected chi connectivity index (χ2v) is 6.27. The number of likely N-dealkylation sites (tertiary alicyclic amines) is 1. The Bertz CT molecular complexity index is 600. The Morgan fingerprint density at radius 1 is 1.55 bits per heavy atom. The van der Waals surface area contributed by atoms with Gasteiger partial charge in [0.2, 0.25) is 0 Å². The molecule has 1 N–H and O–H groups in total. The predicted octanol–water partition coefficient (Wildman–Crippen LogP) is 1.63. The first kappa shape index (κ1) is 16.9. The summed E-state index contributed by atoms with van der Waals surface area (Å²) in [7, 11) is 1.91. The maximum Gasteiger partial charge on any atom is 0.276 e. The van der Waals surface area contributed by atoms with Crippen LogP contribution in [0, 0.1) is 0 Å². The van der Waals surface area contributed by atoms with Crippen LogP contribution in [0.4, 0.5) is 0 Å². The molecular formula is C14H20ClN5OS. The van der Waals surface area contributed by atoms with Crippen molar-refractivity contribution in [2.75, 3.05) is 20.1 Å². The van der Waals surface area contributed by atoms with Gasteiger partial charge in [-0.1, -0.05) is 11.3 Å². The third-order valence-electron chi connectivity index (χ3n) is 3.73. The summed E-state index contributed by atoms with van der Waals surface area (Å²) in [6.07, 6.45) is 3.86. The third-order valence-corrected chi connectivity index (χ3v) is 4.59. The van der Waals surface area contributed by atoms with E-state index in [4.69, 9.17) is 0 Å². The van der Waals surface area contributed by atoms with Gasteiger partial charge < -0.3 is 10.2 Å². The van der Waals surface area contributed by atoms with Gasteiger partial charge in [-0.3, -0.25) is 4.79 Å². The first-order chi connectivity index (χ1) is 10.3. The minimum absolute atomic E-state index is 0. The number of likely N-dealkylation sites (N-methyl/N-ethyl adjacent to an activating group) is 1. The van der Waals surface area contributed by atoms with Gasteiger partial charge in [-0.2, -0.15) is 0 Å². The Balaban J connectivity index is 0.00000176. The van der Waals surface area contributed by atoms with Crippen LogP contribution in [0.15, 0.2) is 23.7 Å². The van der Waals surface area contributed by atoms with E-state index in [0.717, 1.165) is 25.9 Å². The number of carbonyl (C=O) groups is 1. The zero-order valence-electron chi connectivity index (χ0n) is 12.4. The van der Waals surface area contributed by atoms with Crippen LogP contribution in [0.3, 0.4) is 0 Å². The van der Waals surface area contributed by atoms with Gasteiger partial charge in [-0.15, -0.1) is 28.8 Å². The molecule has 8 heteroatoms. The van der Waals surface area contributed by atoms with E-state index in [1.807, 2.05) is 23.4 Å². The molecule has 1 amide bonds. The standard InChI is InChI=1S/C14H19N5OS.ClH/c1-15-8-11-4-2-6-19(11)14(20)13-10-18(17-16-13)9-12-5-3-7-21-12;/h3,5,7,10-11,15H,2,4,6,8-9H2,1H3;1H. The Hall–Kier alpha value is -1.44. The van der Waals surface area contributed by atoms with Crippen LogP contribution in [0.2, 0.25) is 0 Å². The number of nitrogens with one attached hydrogen (secondary N) is 1. The molecule has 1 atom stereocenters. The van der Waals surface area contributed by atoms with Crippen LogP contribution in [-0.2, 0) is 6.54 Å². The molecule has 0 aromatic carbocycles. The average molecular weight is 342 g/mol. The van der Waals surface area contributed by atoms with E-state index < -0.39 is 0 Å². The molecular weight excluding hydrogens is 322 g/mol. The Kier molecular flexibility index (Phi) is 5.93. The average Bonchev–Trinajstić information content (AvgIpc) is 3.20. The normalized spacial score (nSPS) is 17.5. The number of hydrogen-bond acceptors (Lipinski definition) is 5. The molecule has 3 heterocycles. The van der Waals surface area contributed by atoms with Crippen molar-refractivity contribution < 1.29 is 4.79 Å². The van der Waals surface area contributed by atoms with E-state index in [9.17, 15) is 4.79 Å². The van der Waals surface area contributed by atoms with E-state index in [0.29, 0.717) is 12.2 Å². The molecule has 120 valence electrons. The molecule has 2 aromatic heterocycles. The molecule has 1 fully saturated rings. The lowest BCUT2D eigenvalue weighted by Crippen LogP contribution is -2.41. The number of rotatable bonds is 5. The molecule has 0 aliphatic carbocycles. The van der Waals surface area contributed by atoms with Crippen molar-refractivity contribution in [1.29, 1.82) is 0 Å². The smallest absolute Gasteiger partial charge is 0.276 e. The van der Waals surface area contributed by atoms with Crippen LogP contribution >= 0.6 is 23.7 Å².